The van der Waals surface area contributed by atoms with Crippen LogP contribution in [0.2, 0.25) is 0 Å². The number of hydrogen-bond acceptors (Lipinski definition) is 4. The van der Waals surface area contributed by atoms with Crippen LogP contribution in [0.15, 0.2) is 30.5 Å². The van der Waals surface area contributed by atoms with E-state index in [1.165, 1.54) is 16.4 Å². The largest absolute Gasteiger partial charge is 0.481 e. The van der Waals surface area contributed by atoms with Crippen molar-refractivity contribution < 1.29 is 14.7 Å². The van der Waals surface area contributed by atoms with Crippen LogP contribution >= 0.6 is 0 Å². The minimum Gasteiger partial charge on any atom is -0.481 e. The summed E-state index contributed by atoms with van der Waals surface area (Å²) in [7, 11) is 0. The van der Waals surface area contributed by atoms with Crippen LogP contribution in [0.3, 0.4) is 0 Å². The lowest BCUT2D eigenvalue weighted by atomic mass is 10.00. The van der Waals surface area contributed by atoms with Crippen molar-refractivity contribution in [2.75, 3.05) is 6.54 Å². The Morgan fingerprint density at radius 2 is 2.00 bits per heavy atom. The van der Waals surface area contributed by atoms with Crippen LogP contribution in [0, 0.1) is 0 Å². The van der Waals surface area contributed by atoms with Gasteiger partial charge in [-0.25, -0.2) is 4.68 Å². The Hall–Kier alpha value is -2.70. The van der Waals surface area contributed by atoms with E-state index >= 15 is 0 Å². The number of carboxylic acid groups (broad SMARTS) is 1. The zero-order valence-corrected chi connectivity index (χ0v) is 12.0. The highest BCUT2D eigenvalue weighted by molar-refractivity contribution is 5.76. The maximum Gasteiger partial charge on any atom is 0.309 e. The fourth-order valence-electron chi connectivity index (χ4n) is 2.64. The van der Waals surface area contributed by atoms with Crippen molar-refractivity contribution in [3.63, 3.8) is 0 Å². The molecule has 7 nitrogen and oxygen atoms in total. The molecule has 0 spiro atoms. The lowest BCUT2D eigenvalue weighted by Gasteiger charge is -2.28. The number of nitrogens with zero attached hydrogens (tertiary/aromatic N) is 4. The first-order valence-electron chi connectivity index (χ1n) is 7.07. The van der Waals surface area contributed by atoms with Gasteiger partial charge in [0.25, 0.3) is 0 Å². The van der Waals surface area contributed by atoms with Crippen molar-refractivity contribution in [3.05, 3.63) is 47.3 Å². The second kappa shape index (κ2) is 5.97. The quantitative estimate of drug-likeness (QED) is 0.887. The van der Waals surface area contributed by atoms with E-state index in [2.05, 4.69) is 16.4 Å². The zero-order chi connectivity index (χ0) is 15.5. The van der Waals surface area contributed by atoms with Crippen LogP contribution < -0.4 is 0 Å². The first kappa shape index (κ1) is 14.2. The number of hydrogen-bond donors (Lipinski definition) is 1. The number of fused-ring (bicyclic) bond motifs is 1. The van der Waals surface area contributed by atoms with E-state index in [1.807, 2.05) is 18.2 Å². The summed E-state index contributed by atoms with van der Waals surface area (Å²) in [5, 5.41) is 16.3. The van der Waals surface area contributed by atoms with E-state index in [0.717, 1.165) is 12.0 Å². The maximum atomic E-state index is 12.4. The zero-order valence-electron chi connectivity index (χ0n) is 12.0. The molecule has 1 N–H and O–H groups in total. The second-order valence-corrected chi connectivity index (χ2v) is 5.29. The third-order valence-corrected chi connectivity index (χ3v) is 3.80. The molecule has 22 heavy (non-hydrogen) atoms. The molecule has 0 radical (unpaired) electrons. The van der Waals surface area contributed by atoms with Crippen molar-refractivity contribution in [3.8, 4) is 0 Å². The number of carbonyl (C=O) groups excluding carboxylic acids is 1. The molecule has 0 bridgehead atoms. The Bertz CT molecular complexity index is 710. The van der Waals surface area contributed by atoms with E-state index in [1.54, 1.807) is 4.90 Å². The number of aromatic nitrogens is 3. The van der Waals surface area contributed by atoms with Crippen LogP contribution in [0.5, 0.6) is 0 Å². The molecule has 0 aliphatic carbocycles. The molecule has 3 rings (SSSR count). The number of carbonyl (C=O) groups is 2. The van der Waals surface area contributed by atoms with Gasteiger partial charge in [0, 0.05) is 13.1 Å². The van der Waals surface area contributed by atoms with Gasteiger partial charge in [-0.05, 0) is 17.5 Å². The molecule has 0 saturated carbocycles. The molecular weight excluding hydrogens is 284 g/mol. The van der Waals surface area contributed by atoms with Crippen molar-refractivity contribution in [2.24, 2.45) is 0 Å². The van der Waals surface area contributed by atoms with Crippen molar-refractivity contribution in [1.29, 1.82) is 0 Å². The highest BCUT2D eigenvalue weighted by atomic mass is 16.4. The van der Waals surface area contributed by atoms with Crippen LogP contribution in [0.1, 0.15) is 16.8 Å². The summed E-state index contributed by atoms with van der Waals surface area (Å²) in [5.41, 5.74) is 2.86. The van der Waals surface area contributed by atoms with Crippen molar-refractivity contribution >= 4 is 11.9 Å². The topological polar surface area (TPSA) is 88.3 Å². The summed E-state index contributed by atoms with van der Waals surface area (Å²) in [6.07, 6.45) is 2.03. The third kappa shape index (κ3) is 2.98. The number of carboxylic acids is 1. The fraction of sp³-hybridized carbons (Fsp3) is 0.333. The summed E-state index contributed by atoms with van der Waals surface area (Å²) in [6.45, 7) is 1.27. The third-order valence-electron chi connectivity index (χ3n) is 3.80. The molecule has 1 amide bonds. The van der Waals surface area contributed by atoms with Crippen LogP contribution in [-0.2, 0) is 35.5 Å². The number of amides is 1. The van der Waals surface area contributed by atoms with Gasteiger partial charge in [-0.1, -0.05) is 29.5 Å². The summed E-state index contributed by atoms with van der Waals surface area (Å²) in [5.74, 6) is -1.05. The smallest absolute Gasteiger partial charge is 0.309 e. The standard InChI is InChI=1S/C15H16N4O3/c20-14(10-19-13(7-15(21)22)8-16-17-19)18-6-5-11-3-1-2-4-12(11)9-18/h1-4,8H,5-7,9-10H2,(H,21,22). The van der Waals surface area contributed by atoms with Crippen molar-refractivity contribution in [2.45, 2.75) is 25.9 Å². The van der Waals surface area contributed by atoms with E-state index in [-0.39, 0.29) is 18.9 Å². The predicted octanol–water partition coefficient (Wildman–Crippen LogP) is 0.490. The van der Waals surface area contributed by atoms with Gasteiger partial charge < -0.3 is 10.0 Å². The molecule has 0 fully saturated rings. The number of aliphatic carboxylic acids is 1. The Balaban J connectivity index is 1.68. The highest BCUT2D eigenvalue weighted by Gasteiger charge is 2.21. The first-order valence-corrected chi connectivity index (χ1v) is 7.07. The van der Waals surface area contributed by atoms with Crippen molar-refractivity contribution in [1.82, 2.24) is 19.9 Å². The minimum atomic E-state index is -0.970. The summed E-state index contributed by atoms with van der Waals surface area (Å²) in [4.78, 5) is 25.0. The van der Waals surface area contributed by atoms with Gasteiger partial charge in [-0.3, -0.25) is 9.59 Å². The van der Waals surface area contributed by atoms with E-state index in [0.29, 0.717) is 18.8 Å². The number of rotatable bonds is 4. The Morgan fingerprint density at radius 1 is 1.23 bits per heavy atom. The summed E-state index contributed by atoms with van der Waals surface area (Å²) >= 11 is 0. The van der Waals surface area contributed by atoms with Crippen LogP contribution in [0.25, 0.3) is 0 Å². The molecule has 114 valence electrons. The molecule has 2 heterocycles. The molecule has 1 aromatic carbocycles. The molecule has 0 unspecified atom stereocenters. The molecule has 0 saturated heterocycles. The van der Waals surface area contributed by atoms with Gasteiger partial charge in [-0.2, -0.15) is 0 Å². The monoisotopic (exact) mass is 300 g/mol. The van der Waals surface area contributed by atoms with Crippen LogP contribution in [-0.4, -0.2) is 43.4 Å². The van der Waals surface area contributed by atoms with E-state index in [9.17, 15) is 9.59 Å². The van der Waals surface area contributed by atoms with Gasteiger partial charge >= 0.3 is 5.97 Å². The van der Waals surface area contributed by atoms with Gasteiger partial charge in [0.1, 0.15) is 6.54 Å². The minimum absolute atomic E-state index is 0.0186. The van der Waals surface area contributed by atoms with Gasteiger partial charge in [0.2, 0.25) is 5.91 Å². The molecule has 2 aromatic rings. The predicted molar refractivity (Wildman–Crippen MR) is 76.9 cm³/mol. The Kier molecular flexibility index (Phi) is 3.86. The summed E-state index contributed by atoms with van der Waals surface area (Å²) < 4.78 is 1.36. The Labute approximate surface area is 127 Å². The SMILES string of the molecule is O=C(O)Cc1cnnn1CC(=O)N1CCc2ccccc2C1. The highest BCUT2D eigenvalue weighted by Crippen LogP contribution is 2.18. The molecular formula is C15H16N4O3. The van der Waals surface area contributed by atoms with E-state index < -0.39 is 5.97 Å². The fourth-order valence-corrected chi connectivity index (χ4v) is 2.64. The van der Waals surface area contributed by atoms with Gasteiger partial charge in [-0.15, -0.1) is 5.10 Å². The number of benzene rings is 1. The molecule has 1 aliphatic heterocycles. The molecule has 7 heteroatoms. The second-order valence-electron chi connectivity index (χ2n) is 5.29. The lowest BCUT2D eigenvalue weighted by molar-refractivity contribution is -0.137. The molecule has 1 aliphatic rings. The summed E-state index contributed by atoms with van der Waals surface area (Å²) in [6, 6.07) is 8.08. The maximum absolute atomic E-state index is 12.4. The van der Waals surface area contributed by atoms with E-state index in [4.69, 9.17) is 5.11 Å². The van der Waals surface area contributed by atoms with Gasteiger partial charge in [0.15, 0.2) is 0 Å². The normalized spacial score (nSPS) is 13.7. The molecule has 0 atom stereocenters. The Morgan fingerprint density at radius 3 is 2.77 bits per heavy atom. The first-order chi connectivity index (χ1) is 10.6. The van der Waals surface area contributed by atoms with Gasteiger partial charge in [0.05, 0.1) is 18.3 Å². The molecule has 1 aromatic heterocycles. The lowest BCUT2D eigenvalue weighted by Crippen LogP contribution is -2.38. The van der Waals surface area contributed by atoms with Crippen LogP contribution in [0.4, 0.5) is 0 Å². The average molecular weight is 300 g/mol. The average Bonchev–Trinajstić information content (AvgIpc) is 2.93.